The van der Waals surface area contributed by atoms with E-state index in [1.807, 2.05) is 28.0 Å². The van der Waals surface area contributed by atoms with E-state index in [2.05, 4.69) is 25.1 Å². The van der Waals surface area contributed by atoms with Crippen molar-refractivity contribution in [3.8, 4) is 5.82 Å². The van der Waals surface area contributed by atoms with Crippen molar-refractivity contribution < 1.29 is 4.79 Å². The smallest absolute Gasteiger partial charge is 0.227 e. The van der Waals surface area contributed by atoms with Crippen molar-refractivity contribution in [2.75, 3.05) is 29.4 Å². The third-order valence-electron chi connectivity index (χ3n) is 5.18. The largest absolute Gasteiger partial charge is 0.353 e. The van der Waals surface area contributed by atoms with Gasteiger partial charge in [0.05, 0.1) is 30.3 Å². The van der Waals surface area contributed by atoms with Gasteiger partial charge in [-0.15, -0.1) is 0 Å². The molecule has 0 radical (unpaired) electrons. The first kappa shape index (κ1) is 16.0. The maximum absolute atomic E-state index is 11.9. The summed E-state index contributed by atoms with van der Waals surface area (Å²) in [4.78, 5) is 25.0. The Morgan fingerprint density at radius 2 is 2.00 bits per heavy atom. The lowest BCUT2D eigenvalue weighted by atomic mass is 10.3. The first-order valence-corrected chi connectivity index (χ1v) is 9.19. The van der Waals surface area contributed by atoms with Gasteiger partial charge in [0.1, 0.15) is 5.82 Å². The van der Waals surface area contributed by atoms with Gasteiger partial charge >= 0.3 is 0 Å². The fourth-order valence-electron chi connectivity index (χ4n) is 3.77. The van der Waals surface area contributed by atoms with E-state index in [-0.39, 0.29) is 11.9 Å². The highest BCUT2D eigenvalue weighted by Crippen LogP contribution is 2.28. The molecule has 5 rings (SSSR count). The van der Waals surface area contributed by atoms with Crippen molar-refractivity contribution in [2.24, 2.45) is 0 Å². The van der Waals surface area contributed by atoms with Gasteiger partial charge in [-0.05, 0) is 18.9 Å². The predicted molar refractivity (Wildman–Crippen MR) is 98.8 cm³/mol. The molecular weight excluding hydrogens is 344 g/mol. The highest BCUT2D eigenvalue weighted by Gasteiger charge is 2.28. The van der Waals surface area contributed by atoms with Crippen LogP contribution in [0.2, 0.25) is 0 Å². The second-order valence-corrected chi connectivity index (χ2v) is 6.90. The minimum Gasteiger partial charge on any atom is -0.353 e. The SMILES string of the molecule is O=C1CCCN1c1cnn(C2CCN(c3cncc(-n4cccn4)n3)C2)c1. The van der Waals surface area contributed by atoms with E-state index in [1.54, 1.807) is 29.5 Å². The number of rotatable bonds is 4. The van der Waals surface area contributed by atoms with E-state index in [0.717, 1.165) is 44.0 Å². The molecule has 138 valence electrons. The van der Waals surface area contributed by atoms with E-state index in [1.165, 1.54) is 0 Å². The highest BCUT2D eigenvalue weighted by molar-refractivity contribution is 5.95. The van der Waals surface area contributed by atoms with Crippen LogP contribution in [-0.2, 0) is 4.79 Å². The second-order valence-electron chi connectivity index (χ2n) is 6.90. The van der Waals surface area contributed by atoms with E-state index < -0.39 is 0 Å². The monoisotopic (exact) mass is 364 g/mol. The maximum atomic E-state index is 11.9. The Bertz CT molecular complexity index is 950. The third kappa shape index (κ3) is 2.94. The maximum Gasteiger partial charge on any atom is 0.227 e. The van der Waals surface area contributed by atoms with Crippen LogP contribution in [0.1, 0.15) is 25.3 Å². The van der Waals surface area contributed by atoms with Crippen LogP contribution in [-0.4, -0.2) is 55.1 Å². The summed E-state index contributed by atoms with van der Waals surface area (Å²) in [6.45, 7) is 2.49. The summed E-state index contributed by atoms with van der Waals surface area (Å²) >= 11 is 0. The quantitative estimate of drug-likeness (QED) is 0.696. The van der Waals surface area contributed by atoms with Crippen molar-refractivity contribution in [1.82, 2.24) is 29.5 Å². The molecule has 1 unspecified atom stereocenters. The summed E-state index contributed by atoms with van der Waals surface area (Å²) in [5.74, 6) is 1.73. The van der Waals surface area contributed by atoms with Gasteiger partial charge in [0.2, 0.25) is 5.91 Å². The number of amides is 1. The Morgan fingerprint density at radius 1 is 1.07 bits per heavy atom. The molecule has 0 aromatic carbocycles. The zero-order valence-corrected chi connectivity index (χ0v) is 14.8. The van der Waals surface area contributed by atoms with Crippen LogP contribution in [0.3, 0.4) is 0 Å². The summed E-state index contributed by atoms with van der Waals surface area (Å²) in [6.07, 6.45) is 13.4. The molecule has 9 nitrogen and oxygen atoms in total. The third-order valence-corrected chi connectivity index (χ3v) is 5.18. The van der Waals surface area contributed by atoms with Crippen LogP contribution in [0, 0.1) is 0 Å². The van der Waals surface area contributed by atoms with Crippen LogP contribution in [0.4, 0.5) is 11.5 Å². The van der Waals surface area contributed by atoms with Crippen molar-refractivity contribution >= 4 is 17.4 Å². The lowest BCUT2D eigenvalue weighted by molar-refractivity contribution is -0.117. The minimum absolute atomic E-state index is 0.188. The Balaban J connectivity index is 1.31. The summed E-state index contributed by atoms with van der Waals surface area (Å²) in [5.41, 5.74) is 0.899. The standard InChI is InChI=1S/C18H20N8O/c27-18-3-1-6-24(18)15-9-21-26(13-15)14-4-8-23(12-14)16-10-19-11-17(22-16)25-7-2-5-20-25/h2,5,7,9-11,13-14H,1,3-4,6,8,12H2. The molecule has 3 aromatic rings. The number of anilines is 2. The summed E-state index contributed by atoms with van der Waals surface area (Å²) in [7, 11) is 0. The zero-order valence-electron chi connectivity index (χ0n) is 14.8. The highest BCUT2D eigenvalue weighted by atomic mass is 16.2. The van der Waals surface area contributed by atoms with E-state index in [4.69, 9.17) is 0 Å². The average molecular weight is 364 g/mol. The molecule has 2 aliphatic rings. The summed E-state index contributed by atoms with van der Waals surface area (Å²) < 4.78 is 3.68. The lowest BCUT2D eigenvalue weighted by Gasteiger charge is -2.18. The van der Waals surface area contributed by atoms with Crippen LogP contribution in [0.25, 0.3) is 5.82 Å². The van der Waals surface area contributed by atoms with Gasteiger partial charge in [-0.1, -0.05) is 0 Å². The van der Waals surface area contributed by atoms with E-state index in [9.17, 15) is 4.79 Å². The molecule has 2 saturated heterocycles. The molecule has 1 atom stereocenters. The molecular formula is C18H20N8O. The topological polar surface area (TPSA) is 85.0 Å². The van der Waals surface area contributed by atoms with Crippen LogP contribution in [0.15, 0.2) is 43.2 Å². The van der Waals surface area contributed by atoms with Gasteiger partial charge in [-0.3, -0.25) is 14.5 Å². The Morgan fingerprint density at radius 3 is 2.81 bits per heavy atom. The lowest BCUT2D eigenvalue weighted by Crippen LogP contribution is -2.23. The fraction of sp³-hybridized carbons (Fsp3) is 0.389. The van der Waals surface area contributed by atoms with Gasteiger partial charge in [0.25, 0.3) is 0 Å². The normalized spacial score (nSPS) is 20.0. The van der Waals surface area contributed by atoms with Crippen molar-refractivity contribution in [1.29, 1.82) is 0 Å². The summed E-state index contributed by atoms with van der Waals surface area (Å²) in [6, 6.07) is 2.12. The Hall–Kier alpha value is -3.23. The minimum atomic E-state index is 0.188. The van der Waals surface area contributed by atoms with Crippen molar-refractivity contribution in [3.05, 3.63) is 43.2 Å². The number of nitrogens with zero attached hydrogens (tertiary/aromatic N) is 8. The first-order valence-electron chi connectivity index (χ1n) is 9.19. The molecule has 5 heterocycles. The molecule has 3 aromatic heterocycles. The van der Waals surface area contributed by atoms with Gasteiger partial charge in [0.15, 0.2) is 5.82 Å². The molecule has 0 N–H and O–H groups in total. The van der Waals surface area contributed by atoms with Crippen LogP contribution < -0.4 is 9.80 Å². The summed E-state index contributed by atoms with van der Waals surface area (Å²) in [5, 5.41) is 8.72. The van der Waals surface area contributed by atoms with Crippen molar-refractivity contribution in [2.45, 2.75) is 25.3 Å². The average Bonchev–Trinajstić information content (AvgIpc) is 3.47. The molecule has 2 aliphatic heterocycles. The Labute approximate surface area is 156 Å². The Kier molecular flexibility index (Phi) is 3.84. The number of hydrogen-bond donors (Lipinski definition) is 0. The zero-order chi connectivity index (χ0) is 18.2. The number of aromatic nitrogens is 6. The molecule has 27 heavy (non-hydrogen) atoms. The number of hydrogen-bond acceptors (Lipinski definition) is 6. The van der Waals surface area contributed by atoms with E-state index in [0.29, 0.717) is 12.2 Å². The van der Waals surface area contributed by atoms with Gasteiger partial charge in [-0.2, -0.15) is 10.2 Å². The second kappa shape index (κ2) is 6.49. The number of carbonyl (C=O) groups is 1. The van der Waals surface area contributed by atoms with Crippen molar-refractivity contribution in [3.63, 3.8) is 0 Å². The van der Waals surface area contributed by atoms with Gasteiger partial charge in [0, 0.05) is 44.6 Å². The molecule has 0 bridgehead atoms. The molecule has 0 spiro atoms. The fourth-order valence-corrected chi connectivity index (χ4v) is 3.77. The molecule has 1 amide bonds. The van der Waals surface area contributed by atoms with Gasteiger partial charge < -0.3 is 9.80 Å². The predicted octanol–water partition coefficient (Wildman–Crippen LogP) is 1.44. The van der Waals surface area contributed by atoms with Crippen LogP contribution >= 0.6 is 0 Å². The first-order chi connectivity index (χ1) is 13.3. The molecule has 9 heteroatoms. The molecule has 0 aliphatic carbocycles. The number of carbonyl (C=O) groups excluding carboxylic acids is 1. The molecule has 0 saturated carbocycles. The molecule has 2 fully saturated rings. The van der Waals surface area contributed by atoms with E-state index >= 15 is 0 Å². The van der Waals surface area contributed by atoms with Crippen LogP contribution in [0.5, 0.6) is 0 Å². The van der Waals surface area contributed by atoms with Gasteiger partial charge in [-0.25, -0.2) is 9.67 Å².